The third kappa shape index (κ3) is 4.44. The lowest BCUT2D eigenvalue weighted by molar-refractivity contribution is -0.117. The summed E-state index contributed by atoms with van der Waals surface area (Å²) in [7, 11) is -2.04. The van der Waals surface area contributed by atoms with Gasteiger partial charge in [-0.3, -0.25) is 0 Å². The first-order chi connectivity index (χ1) is 11.5. The van der Waals surface area contributed by atoms with E-state index >= 15 is 0 Å². The molecular weight excluding hydrogens is 327 g/mol. The zero-order chi connectivity index (χ0) is 18.9. The summed E-state index contributed by atoms with van der Waals surface area (Å²) in [6.45, 7) is 14.9. The van der Waals surface area contributed by atoms with E-state index in [4.69, 9.17) is 9.31 Å². The minimum atomic E-state index is -1.83. The molecule has 1 heterocycles. The lowest BCUT2D eigenvalue weighted by atomic mass is 9.80. The SMILES string of the molecule is CC(=O)CCCC(B1OC(C)(C)C(C)(C)O1)[Si](C)(C)c1ccccc1. The maximum absolute atomic E-state index is 11.4. The smallest absolute Gasteiger partial charge is 0.403 e. The van der Waals surface area contributed by atoms with Crippen LogP contribution >= 0.6 is 0 Å². The van der Waals surface area contributed by atoms with Crippen LogP contribution in [-0.4, -0.2) is 32.2 Å². The average Bonchev–Trinajstić information content (AvgIpc) is 2.72. The van der Waals surface area contributed by atoms with Crippen molar-refractivity contribution in [2.75, 3.05) is 0 Å². The monoisotopic (exact) mass is 360 g/mol. The Labute approximate surface area is 154 Å². The number of hydrogen-bond donors (Lipinski definition) is 0. The Balaban J connectivity index is 2.29. The molecule has 0 N–H and O–H groups in total. The van der Waals surface area contributed by atoms with E-state index in [0.717, 1.165) is 12.8 Å². The standard InChI is InChI=1S/C20H33BO3Si/c1-16(22)12-11-15-18(21-23-19(2,3)20(4,5)24-21)25(6,7)17-13-9-8-10-14-17/h8-10,13-14,18H,11-12,15H2,1-7H3. The minimum Gasteiger partial charge on any atom is -0.403 e. The Bertz CT molecular complexity index is 582. The highest BCUT2D eigenvalue weighted by Crippen LogP contribution is 2.43. The van der Waals surface area contributed by atoms with Gasteiger partial charge in [-0.25, -0.2) is 0 Å². The highest BCUT2D eigenvalue weighted by atomic mass is 28.3. The Morgan fingerprint density at radius 2 is 1.60 bits per heavy atom. The third-order valence-electron chi connectivity index (χ3n) is 6.09. The molecule has 3 nitrogen and oxygen atoms in total. The van der Waals surface area contributed by atoms with Crippen molar-refractivity contribution in [2.24, 2.45) is 0 Å². The molecule has 0 radical (unpaired) electrons. The van der Waals surface area contributed by atoms with E-state index in [1.165, 1.54) is 5.19 Å². The molecule has 0 saturated carbocycles. The van der Waals surface area contributed by atoms with E-state index in [1.807, 2.05) is 0 Å². The lowest BCUT2D eigenvalue weighted by Gasteiger charge is -2.34. The van der Waals surface area contributed by atoms with Gasteiger partial charge < -0.3 is 14.1 Å². The molecule has 0 bridgehead atoms. The van der Waals surface area contributed by atoms with E-state index in [-0.39, 0.29) is 24.1 Å². The normalized spacial score (nSPS) is 20.5. The highest BCUT2D eigenvalue weighted by Gasteiger charge is 2.56. The molecule has 1 aliphatic heterocycles. The minimum absolute atomic E-state index is 0.209. The van der Waals surface area contributed by atoms with Crippen molar-refractivity contribution in [3.8, 4) is 0 Å². The van der Waals surface area contributed by atoms with Crippen molar-refractivity contribution >= 4 is 26.2 Å². The van der Waals surface area contributed by atoms with Crippen molar-refractivity contribution in [3.05, 3.63) is 30.3 Å². The number of Topliss-reactive ketones (excluding diaryl/α,β-unsaturated/α-hetero) is 1. The molecular formula is C20H33BO3Si. The number of ketones is 1. The molecule has 1 atom stereocenters. The van der Waals surface area contributed by atoms with Gasteiger partial charge >= 0.3 is 7.12 Å². The molecule has 2 rings (SSSR count). The first-order valence-electron chi connectivity index (χ1n) is 9.38. The largest absolute Gasteiger partial charge is 0.458 e. The van der Waals surface area contributed by atoms with Crippen LogP contribution < -0.4 is 5.19 Å². The van der Waals surface area contributed by atoms with Crippen LogP contribution in [0.25, 0.3) is 0 Å². The second kappa shape index (κ2) is 7.37. The van der Waals surface area contributed by atoms with Gasteiger partial charge in [0.25, 0.3) is 0 Å². The molecule has 5 heteroatoms. The van der Waals surface area contributed by atoms with Gasteiger partial charge in [-0.1, -0.05) is 55.0 Å². The molecule has 1 saturated heterocycles. The van der Waals surface area contributed by atoms with Crippen LogP contribution in [0, 0.1) is 0 Å². The number of carbonyl (C=O) groups is 1. The summed E-state index contributed by atoms with van der Waals surface area (Å²) in [5.74, 6) is 0.256. The fourth-order valence-electron chi connectivity index (χ4n) is 3.54. The predicted molar refractivity (Wildman–Crippen MR) is 108 cm³/mol. The maximum Gasteiger partial charge on any atom is 0.458 e. The molecule has 1 fully saturated rings. The lowest BCUT2D eigenvalue weighted by Crippen LogP contribution is -2.52. The van der Waals surface area contributed by atoms with Crippen LogP contribution in [0.4, 0.5) is 0 Å². The first-order valence-corrected chi connectivity index (χ1v) is 12.5. The molecule has 138 valence electrons. The van der Waals surface area contributed by atoms with Crippen molar-refractivity contribution in [1.82, 2.24) is 0 Å². The number of rotatable bonds is 7. The Hall–Kier alpha value is -0.908. The van der Waals surface area contributed by atoms with E-state index < -0.39 is 8.07 Å². The molecule has 1 aliphatic rings. The zero-order valence-electron chi connectivity index (χ0n) is 16.9. The van der Waals surface area contributed by atoms with Crippen LogP contribution in [0.15, 0.2) is 30.3 Å². The summed E-state index contributed by atoms with van der Waals surface area (Å²) < 4.78 is 12.8. The molecule has 1 unspecified atom stereocenters. The number of benzene rings is 1. The van der Waals surface area contributed by atoms with Crippen molar-refractivity contribution in [1.29, 1.82) is 0 Å². The van der Waals surface area contributed by atoms with E-state index in [9.17, 15) is 4.79 Å². The molecule has 25 heavy (non-hydrogen) atoms. The van der Waals surface area contributed by atoms with Gasteiger partial charge in [-0.2, -0.15) is 0 Å². The molecule has 0 aromatic heterocycles. The average molecular weight is 360 g/mol. The van der Waals surface area contributed by atoms with Crippen LogP contribution in [-0.2, 0) is 14.1 Å². The Kier molecular flexibility index (Phi) is 6.02. The van der Waals surface area contributed by atoms with Crippen LogP contribution in [0.2, 0.25) is 18.5 Å². The van der Waals surface area contributed by atoms with Crippen molar-refractivity contribution < 1.29 is 14.1 Å². The van der Waals surface area contributed by atoms with Gasteiger partial charge in [0.05, 0.1) is 19.3 Å². The fraction of sp³-hybridized carbons (Fsp3) is 0.650. The quantitative estimate of drug-likeness (QED) is 0.678. The summed E-state index contributed by atoms with van der Waals surface area (Å²) in [6, 6.07) is 10.8. The molecule has 0 aliphatic carbocycles. The Morgan fingerprint density at radius 1 is 1.08 bits per heavy atom. The molecule has 1 aromatic rings. The van der Waals surface area contributed by atoms with Gasteiger partial charge in [-0.05, 0) is 46.5 Å². The van der Waals surface area contributed by atoms with E-state index in [2.05, 4.69) is 71.1 Å². The summed E-state index contributed by atoms with van der Waals surface area (Å²) in [5, 5.41) is 1.41. The predicted octanol–water partition coefficient (Wildman–Crippen LogP) is 4.36. The van der Waals surface area contributed by atoms with Crippen LogP contribution in [0.1, 0.15) is 53.9 Å². The van der Waals surface area contributed by atoms with Gasteiger partial charge in [0.15, 0.2) is 0 Å². The van der Waals surface area contributed by atoms with Gasteiger partial charge in [0.2, 0.25) is 0 Å². The topological polar surface area (TPSA) is 35.5 Å². The van der Waals surface area contributed by atoms with Crippen LogP contribution in [0.3, 0.4) is 0 Å². The highest BCUT2D eigenvalue weighted by molar-refractivity contribution is 6.97. The number of carbonyl (C=O) groups excluding carboxylic acids is 1. The maximum atomic E-state index is 11.4. The summed E-state index contributed by atoms with van der Waals surface area (Å²) in [4.78, 5) is 11.4. The van der Waals surface area contributed by atoms with Crippen molar-refractivity contribution in [3.63, 3.8) is 0 Å². The summed E-state index contributed by atoms with van der Waals surface area (Å²) in [6.07, 6.45) is 2.49. The first kappa shape index (κ1) is 20.4. The Morgan fingerprint density at radius 3 is 2.08 bits per heavy atom. The fourth-order valence-corrected chi connectivity index (χ4v) is 6.76. The molecule has 1 aromatic carbocycles. The second-order valence-corrected chi connectivity index (χ2v) is 13.7. The molecule has 0 amide bonds. The number of hydrogen-bond acceptors (Lipinski definition) is 3. The summed E-state index contributed by atoms with van der Waals surface area (Å²) >= 11 is 0. The van der Waals surface area contributed by atoms with Gasteiger partial charge in [0, 0.05) is 6.42 Å². The van der Waals surface area contributed by atoms with E-state index in [1.54, 1.807) is 6.92 Å². The van der Waals surface area contributed by atoms with Gasteiger partial charge in [-0.15, -0.1) is 0 Å². The molecule has 0 spiro atoms. The summed E-state index contributed by atoms with van der Waals surface area (Å²) in [5.41, 5.74) is -0.328. The van der Waals surface area contributed by atoms with E-state index in [0.29, 0.717) is 11.9 Å². The van der Waals surface area contributed by atoms with Crippen molar-refractivity contribution in [2.45, 2.75) is 83.6 Å². The van der Waals surface area contributed by atoms with Gasteiger partial charge in [0.1, 0.15) is 5.78 Å². The third-order valence-corrected chi connectivity index (χ3v) is 10.3. The van der Waals surface area contributed by atoms with Crippen LogP contribution in [0.5, 0.6) is 0 Å². The second-order valence-electron chi connectivity index (χ2n) is 8.91. The zero-order valence-corrected chi connectivity index (χ0v) is 17.9.